The number of hydrogen-bond donors (Lipinski definition) is 0. The summed E-state index contributed by atoms with van der Waals surface area (Å²) in [7, 11) is -0.516. The lowest BCUT2D eigenvalue weighted by molar-refractivity contribution is -0.143. The molecule has 5 heterocycles. The topological polar surface area (TPSA) is 163 Å². The first kappa shape index (κ1) is 66.4. The lowest BCUT2D eigenvalue weighted by Gasteiger charge is -2.42. The number of rotatable bonds is 7. The van der Waals surface area contributed by atoms with Crippen molar-refractivity contribution in [1.29, 1.82) is 0 Å². The van der Waals surface area contributed by atoms with Crippen LogP contribution >= 0.6 is 39.1 Å². The first-order valence-electron chi connectivity index (χ1n) is 28.9. The number of hydrogen-bond acceptors (Lipinski definition) is 12. The minimum atomic E-state index is -0.573. The SMILES string of the molecule is C.CC(C)(C)C(=O)Oc1cc(B2OC(C)(C)C(C)(C)O2)c2ccccc2c1.CC(C)(C)OC(=O)N1CC(CN2C(=O)COc3cc(Br)c(Cl)cc32)C1.Cc1cc(-c2cc3c(cc2Cl)N(CC2CN(C(=O)OC(C)(C)C)C2)C(=O)CO3)c2ccccc2c1. The number of fused-ring (bicyclic) bond motifs is 4. The van der Waals surface area contributed by atoms with Crippen molar-refractivity contribution in [1.82, 2.24) is 9.80 Å². The number of aryl methyl sites for hydroxylation is 1. The third-order valence-electron chi connectivity index (χ3n) is 15.5. The van der Waals surface area contributed by atoms with Crippen LogP contribution in [0, 0.1) is 24.2 Å². The van der Waals surface area contributed by atoms with E-state index in [1.807, 2.05) is 151 Å². The van der Waals surface area contributed by atoms with Gasteiger partial charge in [-0.3, -0.25) is 14.4 Å². The predicted molar refractivity (Wildman–Crippen MR) is 348 cm³/mol. The molecule has 0 atom stereocenters. The molecule has 4 amide bonds. The van der Waals surface area contributed by atoms with Crippen molar-refractivity contribution in [2.45, 2.75) is 127 Å². The fraction of sp³-hybridized carbons (Fsp3) is 0.448. The van der Waals surface area contributed by atoms with E-state index in [0.717, 1.165) is 48.2 Å². The van der Waals surface area contributed by atoms with E-state index in [4.69, 9.17) is 56.2 Å². The molecule has 20 heteroatoms. The third-order valence-corrected chi connectivity index (χ3v) is 17.0. The summed E-state index contributed by atoms with van der Waals surface area (Å²) in [5.74, 6) is 1.64. The lowest BCUT2D eigenvalue weighted by atomic mass is 9.76. The van der Waals surface area contributed by atoms with Gasteiger partial charge in [-0.15, -0.1) is 0 Å². The summed E-state index contributed by atoms with van der Waals surface area (Å²) in [5.41, 5.74) is 2.78. The summed E-state index contributed by atoms with van der Waals surface area (Å²) in [6.07, 6.45) is -0.634. The van der Waals surface area contributed by atoms with Crippen molar-refractivity contribution < 1.29 is 57.0 Å². The Morgan fingerprint density at radius 2 is 1.08 bits per heavy atom. The van der Waals surface area contributed by atoms with E-state index in [1.165, 1.54) is 0 Å². The number of esters is 1. The van der Waals surface area contributed by atoms with Crippen molar-refractivity contribution in [3.63, 3.8) is 0 Å². The molecule has 0 saturated carbocycles. The number of amides is 4. The lowest BCUT2D eigenvalue weighted by Crippen LogP contribution is -2.56. The van der Waals surface area contributed by atoms with Gasteiger partial charge in [0.2, 0.25) is 0 Å². The molecule has 5 aliphatic rings. The van der Waals surface area contributed by atoms with Crippen LogP contribution in [0.2, 0.25) is 10.0 Å². The molecule has 0 radical (unpaired) electrons. The van der Waals surface area contributed by atoms with Gasteiger partial charge in [-0.1, -0.05) is 91.3 Å². The van der Waals surface area contributed by atoms with E-state index < -0.39 is 34.9 Å². The number of benzene rings is 6. The van der Waals surface area contributed by atoms with Crippen LogP contribution in [0.4, 0.5) is 21.0 Å². The number of ether oxygens (including phenoxy) is 5. The van der Waals surface area contributed by atoms with Gasteiger partial charge in [-0.05, 0) is 187 Å². The monoisotopic (exact) mass is 1290 g/mol. The maximum atomic E-state index is 12.8. The third kappa shape index (κ3) is 15.3. The maximum absolute atomic E-state index is 12.8. The van der Waals surface area contributed by atoms with E-state index in [2.05, 4.69) is 47.1 Å². The Kier molecular flexibility index (Phi) is 19.5. The van der Waals surface area contributed by atoms with Gasteiger partial charge in [0.15, 0.2) is 13.2 Å². The molecule has 0 unspecified atom stereocenters. The molecule has 5 aliphatic heterocycles. The highest BCUT2D eigenvalue weighted by molar-refractivity contribution is 9.10. The second kappa shape index (κ2) is 25.5. The molecule has 16 nitrogen and oxygen atoms in total. The highest BCUT2D eigenvalue weighted by Crippen LogP contribution is 2.45. The molecule has 11 rings (SSSR count). The number of halogens is 3. The zero-order valence-electron chi connectivity index (χ0n) is 51.4. The Hall–Kier alpha value is -6.57. The van der Waals surface area contributed by atoms with Crippen molar-refractivity contribution in [2.24, 2.45) is 17.3 Å². The quantitative estimate of drug-likeness (QED) is 0.0846. The standard InChI is InChI=1S/C28H29ClN2O4.C21H27BO4.C17H20BrClN2O4.CH4/c1-17-9-19-7-5-6-8-20(19)21(10-17)22-11-25-24(12-23(22)29)31(26(32)16-34-25)15-18-13-30(14-18)27(33)35-28(2,3)4;1-19(2,3)18(23)24-15-12-14-10-8-9-11-16(14)17(13-15)22-25-20(4,5)21(6,7)26-22;1-17(2,3)25-16(23)20-6-10(7-20)8-21-13-5-12(19)11(18)4-14(13)24-9-15(21)22;/h5-12,18H,13-16H2,1-4H3;8-13H,1-7H3;4-5,10H,6-9H2,1-3H3;1H4. The molecular weight excluding hydrogens is 1210 g/mol. The number of carbonyl (C=O) groups is 5. The number of anilines is 2. The van der Waals surface area contributed by atoms with Crippen LogP contribution in [0.3, 0.4) is 0 Å². The predicted octanol–water partition coefficient (Wildman–Crippen LogP) is 14.5. The van der Waals surface area contributed by atoms with E-state index in [9.17, 15) is 24.0 Å². The highest BCUT2D eigenvalue weighted by Gasteiger charge is 2.52. The minimum Gasteiger partial charge on any atom is -0.482 e. The van der Waals surface area contributed by atoms with Crippen molar-refractivity contribution in [3.8, 4) is 28.4 Å². The van der Waals surface area contributed by atoms with E-state index in [1.54, 1.807) is 31.7 Å². The van der Waals surface area contributed by atoms with Crippen molar-refractivity contribution in [3.05, 3.63) is 117 Å². The largest absolute Gasteiger partial charge is 0.495 e. The minimum absolute atomic E-state index is 0. The van der Waals surface area contributed by atoms with Gasteiger partial charge in [0.25, 0.3) is 11.8 Å². The maximum Gasteiger partial charge on any atom is 0.495 e. The molecule has 3 saturated heterocycles. The molecule has 6 aromatic carbocycles. The average Bonchev–Trinajstić information content (AvgIpc) is 1.83. The molecule has 0 N–H and O–H groups in total. The summed E-state index contributed by atoms with van der Waals surface area (Å²) in [5, 5.41) is 5.35. The van der Waals surface area contributed by atoms with Gasteiger partial charge in [0.1, 0.15) is 28.5 Å². The Balaban J connectivity index is 0.000000172. The highest BCUT2D eigenvalue weighted by atomic mass is 79.9. The normalized spacial score (nSPS) is 17.2. The molecule has 6 aromatic rings. The molecule has 87 heavy (non-hydrogen) atoms. The zero-order chi connectivity index (χ0) is 62.6. The van der Waals surface area contributed by atoms with E-state index in [-0.39, 0.29) is 62.4 Å². The summed E-state index contributed by atoms with van der Waals surface area (Å²) in [4.78, 5) is 68.4. The van der Waals surface area contributed by atoms with Gasteiger partial charge >= 0.3 is 25.3 Å². The first-order chi connectivity index (χ1) is 40.1. The molecule has 0 aromatic heterocycles. The number of nitrogens with zero attached hydrogens (tertiary/aromatic N) is 4. The number of carbonyl (C=O) groups excluding carboxylic acids is 5. The second-order valence-corrected chi connectivity index (χ2v) is 28.3. The van der Waals surface area contributed by atoms with Crippen molar-refractivity contribution in [2.75, 3.05) is 62.3 Å². The van der Waals surface area contributed by atoms with Crippen LogP contribution in [0.25, 0.3) is 32.7 Å². The van der Waals surface area contributed by atoms with Gasteiger partial charge < -0.3 is 52.6 Å². The Morgan fingerprint density at radius 3 is 1.57 bits per heavy atom. The molecule has 464 valence electrons. The first-order valence-corrected chi connectivity index (χ1v) is 30.4. The van der Waals surface area contributed by atoms with Crippen LogP contribution in [0.15, 0.2) is 102 Å². The van der Waals surface area contributed by atoms with Crippen LogP contribution < -0.4 is 29.5 Å². The summed E-state index contributed by atoms with van der Waals surface area (Å²) in [6.45, 7) is 30.0. The fourth-order valence-electron chi connectivity index (χ4n) is 10.3. The molecular formula is C67H80BBrCl2N4O12. The van der Waals surface area contributed by atoms with Crippen molar-refractivity contribution >= 4 is 115 Å². The Bertz CT molecular complexity index is 3610. The fourth-order valence-corrected chi connectivity index (χ4v) is 11.1. The van der Waals surface area contributed by atoms with Crippen LogP contribution in [-0.4, -0.2) is 122 Å². The molecule has 3 fully saturated rings. The summed E-state index contributed by atoms with van der Waals surface area (Å²) in [6, 6.07) is 31.5. The summed E-state index contributed by atoms with van der Waals surface area (Å²) >= 11 is 16.3. The zero-order valence-corrected chi connectivity index (χ0v) is 54.5. The smallest absolute Gasteiger partial charge is 0.482 e. The second-order valence-electron chi connectivity index (χ2n) is 26.6. The van der Waals surface area contributed by atoms with E-state index >= 15 is 0 Å². The summed E-state index contributed by atoms with van der Waals surface area (Å²) < 4.78 is 40.9. The van der Waals surface area contributed by atoms with Gasteiger partial charge in [-0.25, -0.2) is 9.59 Å². The molecule has 0 aliphatic carbocycles. The molecule has 0 bridgehead atoms. The number of likely N-dealkylation sites (tertiary alicyclic amines) is 2. The van der Waals surface area contributed by atoms with Gasteiger partial charge in [0, 0.05) is 61.1 Å². The van der Waals surface area contributed by atoms with Gasteiger partial charge in [-0.2, -0.15) is 0 Å². The van der Waals surface area contributed by atoms with Crippen LogP contribution in [0.1, 0.15) is 103 Å². The van der Waals surface area contributed by atoms with Gasteiger partial charge in [0.05, 0.1) is 38.0 Å². The van der Waals surface area contributed by atoms with E-state index in [0.29, 0.717) is 77.9 Å². The Labute approximate surface area is 530 Å². The van der Waals surface area contributed by atoms with Crippen LogP contribution in [0.5, 0.6) is 17.2 Å². The molecule has 0 spiro atoms. The van der Waals surface area contributed by atoms with Crippen LogP contribution in [-0.2, 0) is 33.2 Å². The average molecular weight is 1300 g/mol. The Morgan fingerprint density at radius 1 is 0.621 bits per heavy atom.